The molecular formula is C14H16N2O3S. The molecule has 2 rings (SSSR count). The number of nitrogens with two attached hydrogens (primary N) is 1. The minimum Gasteiger partial charge on any atom is -0.495 e. The summed E-state index contributed by atoms with van der Waals surface area (Å²) >= 11 is 0. The van der Waals surface area contributed by atoms with Crippen LogP contribution >= 0.6 is 0 Å². The molecule has 106 valence electrons. The van der Waals surface area contributed by atoms with Gasteiger partial charge in [0.15, 0.2) is 0 Å². The maximum absolute atomic E-state index is 12.4. The van der Waals surface area contributed by atoms with Crippen LogP contribution in [0.5, 0.6) is 5.75 Å². The number of methoxy groups -OCH3 is 1. The third kappa shape index (κ3) is 2.85. The Morgan fingerprint density at radius 1 is 1.15 bits per heavy atom. The van der Waals surface area contributed by atoms with Crippen LogP contribution in [-0.4, -0.2) is 15.5 Å². The molecule has 0 aliphatic heterocycles. The summed E-state index contributed by atoms with van der Waals surface area (Å²) in [6, 6.07) is 11.5. The topological polar surface area (TPSA) is 81.4 Å². The monoisotopic (exact) mass is 292 g/mol. The van der Waals surface area contributed by atoms with E-state index in [1.807, 2.05) is 0 Å². The van der Waals surface area contributed by atoms with Gasteiger partial charge in [0.2, 0.25) is 0 Å². The van der Waals surface area contributed by atoms with Gasteiger partial charge in [0.25, 0.3) is 10.0 Å². The molecule has 0 aliphatic carbocycles. The van der Waals surface area contributed by atoms with Gasteiger partial charge in [-0.3, -0.25) is 4.72 Å². The van der Waals surface area contributed by atoms with E-state index in [-0.39, 0.29) is 4.90 Å². The SMILES string of the molecule is COc1ccccc1S(=O)(=O)Nc1cc(N)ccc1C. The van der Waals surface area contributed by atoms with Crippen molar-refractivity contribution in [1.82, 2.24) is 0 Å². The van der Waals surface area contributed by atoms with Gasteiger partial charge in [-0.2, -0.15) is 0 Å². The second-order valence-corrected chi connectivity index (χ2v) is 5.98. The van der Waals surface area contributed by atoms with Crippen LogP contribution in [-0.2, 0) is 10.0 Å². The zero-order chi connectivity index (χ0) is 14.8. The molecule has 6 heteroatoms. The zero-order valence-electron chi connectivity index (χ0n) is 11.3. The van der Waals surface area contributed by atoms with Gasteiger partial charge >= 0.3 is 0 Å². The lowest BCUT2D eigenvalue weighted by Crippen LogP contribution is -2.15. The van der Waals surface area contributed by atoms with E-state index in [9.17, 15) is 8.42 Å². The number of hydrogen-bond acceptors (Lipinski definition) is 4. The number of hydrogen-bond donors (Lipinski definition) is 2. The average Bonchev–Trinajstić information content (AvgIpc) is 2.42. The lowest BCUT2D eigenvalue weighted by atomic mass is 10.2. The summed E-state index contributed by atoms with van der Waals surface area (Å²) in [7, 11) is -2.30. The summed E-state index contributed by atoms with van der Waals surface area (Å²) in [4.78, 5) is 0.0873. The maximum atomic E-state index is 12.4. The molecule has 0 unspecified atom stereocenters. The van der Waals surface area contributed by atoms with Gasteiger partial charge in [0, 0.05) is 5.69 Å². The Balaban J connectivity index is 2.43. The van der Waals surface area contributed by atoms with Crippen LogP contribution < -0.4 is 15.2 Å². The average molecular weight is 292 g/mol. The molecule has 20 heavy (non-hydrogen) atoms. The van der Waals surface area contributed by atoms with Crippen LogP contribution in [0.4, 0.5) is 11.4 Å². The van der Waals surface area contributed by atoms with Gasteiger partial charge in [-0.05, 0) is 36.8 Å². The van der Waals surface area contributed by atoms with E-state index in [1.165, 1.54) is 13.2 Å². The highest BCUT2D eigenvalue weighted by molar-refractivity contribution is 7.92. The smallest absolute Gasteiger partial charge is 0.265 e. The summed E-state index contributed by atoms with van der Waals surface area (Å²) in [6.07, 6.45) is 0. The molecule has 0 fully saturated rings. The maximum Gasteiger partial charge on any atom is 0.265 e. The minimum absolute atomic E-state index is 0.0873. The molecule has 3 N–H and O–H groups in total. The molecule has 0 saturated carbocycles. The fourth-order valence-electron chi connectivity index (χ4n) is 1.79. The van der Waals surface area contributed by atoms with Gasteiger partial charge in [-0.1, -0.05) is 18.2 Å². The highest BCUT2D eigenvalue weighted by Crippen LogP contribution is 2.27. The molecule has 0 spiro atoms. The molecule has 0 saturated heterocycles. The van der Waals surface area contributed by atoms with Crippen LogP contribution in [0, 0.1) is 6.92 Å². The third-order valence-electron chi connectivity index (χ3n) is 2.86. The van der Waals surface area contributed by atoms with Crippen LogP contribution in [0.15, 0.2) is 47.4 Å². The molecular weight excluding hydrogens is 276 g/mol. The number of ether oxygens (including phenoxy) is 1. The Hall–Kier alpha value is -2.21. The molecule has 0 amide bonds. The Morgan fingerprint density at radius 3 is 2.55 bits per heavy atom. The number of nitrogens with one attached hydrogen (secondary N) is 1. The summed E-state index contributed by atoms with van der Waals surface area (Å²) < 4.78 is 32.4. The Bertz CT molecular complexity index is 727. The number of nitrogen functional groups attached to an aromatic ring is 1. The van der Waals surface area contributed by atoms with E-state index in [2.05, 4.69) is 4.72 Å². The summed E-state index contributed by atoms with van der Waals surface area (Å²) in [5.41, 5.74) is 7.42. The van der Waals surface area contributed by atoms with Crippen LogP contribution in [0.3, 0.4) is 0 Å². The van der Waals surface area contributed by atoms with Crippen molar-refractivity contribution in [3.05, 3.63) is 48.0 Å². The van der Waals surface area contributed by atoms with Crippen molar-refractivity contribution < 1.29 is 13.2 Å². The second kappa shape index (κ2) is 5.42. The van der Waals surface area contributed by atoms with Crippen LogP contribution in [0.25, 0.3) is 0 Å². The predicted octanol–water partition coefficient (Wildman–Crippen LogP) is 2.39. The molecule has 2 aromatic carbocycles. The summed E-state index contributed by atoms with van der Waals surface area (Å²) in [5.74, 6) is 0.293. The van der Waals surface area contributed by atoms with Crippen molar-refractivity contribution in [3.8, 4) is 5.75 Å². The quantitative estimate of drug-likeness (QED) is 0.848. The molecule has 0 atom stereocenters. The van der Waals surface area contributed by atoms with Crippen LogP contribution in [0.1, 0.15) is 5.56 Å². The van der Waals surface area contributed by atoms with E-state index in [0.29, 0.717) is 17.1 Å². The zero-order valence-corrected chi connectivity index (χ0v) is 12.1. The van der Waals surface area contributed by atoms with Crippen molar-refractivity contribution in [2.45, 2.75) is 11.8 Å². The Morgan fingerprint density at radius 2 is 1.85 bits per heavy atom. The number of rotatable bonds is 4. The summed E-state index contributed by atoms with van der Waals surface area (Å²) in [6.45, 7) is 1.81. The molecule has 2 aromatic rings. The normalized spacial score (nSPS) is 11.1. The highest BCUT2D eigenvalue weighted by atomic mass is 32.2. The fraction of sp³-hybridized carbons (Fsp3) is 0.143. The fourth-order valence-corrected chi connectivity index (χ4v) is 3.08. The van der Waals surface area contributed by atoms with E-state index in [4.69, 9.17) is 10.5 Å². The van der Waals surface area contributed by atoms with E-state index >= 15 is 0 Å². The number of aryl methyl sites for hydroxylation is 1. The first kappa shape index (κ1) is 14.2. The van der Waals surface area contributed by atoms with Gasteiger partial charge in [0.05, 0.1) is 12.8 Å². The molecule has 5 nitrogen and oxygen atoms in total. The van der Waals surface area contributed by atoms with E-state index in [1.54, 1.807) is 43.3 Å². The van der Waals surface area contributed by atoms with Crippen molar-refractivity contribution in [2.75, 3.05) is 17.6 Å². The third-order valence-corrected chi connectivity index (χ3v) is 4.27. The Kier molecular flexibility index (Phi) is 3.85. The van der Waals surface area contributed by atoms with Gasteiger partial charge < -0.3 is 10.5 Å². The van der Waals surface area contributed by atoms with E-state index in [0.717, 1.165) is 5.56 Å². The van der Waals surface area contributed by atoms with Crippen molar-refractivity contribution in [2.24, 2.45) is 0 Å². The molecule has 0 aromatic heterocycles. The number of para-hydroxylation sites is 1. The highest BCUT2D eigenvalue weighted by Gasteiger charge is 2.19. The summed E-state index contributed by atoms with van der Waals surface area (Å²) in [5, 5.41) is 0. The van der Waals surface area contributed by atoms with Gasteiger partial charge in [0.1, 0.15) is 10.6 Å². The molecule has 0 radical (unpaired) electrons. The van der Waals surface area contributed by atoms with E-state index < -0.39 is 10.0 Å². The number of anilines is 2. The van der Waals surface area contributed by atoms with Gasteiger partial charge in [-0.25, -0.2) is 8.42 Å². The first-order valence-corrected chi connectivity index (χ1v) is 7.44. The lowest BCUT2D eigenvalue weighted by molar-refractivity contribution is 0.403. The van der Waals surface area contributed by atoms with Crippen molar-refractivity contribution in [1.29, 1.82) is 0 Å². The van der Waals surface area contributed by atoms with Crippen molar-refractivity contribution in [3.63, 3.8) is 0 Å². The van der Waals surface area contributed by atoms with Crippen LogP contribution in [0.2, 0.25) is 0 Å². The molecule has 0 heterocycles. The number of sulfonamides is 1. The first-order chi connectivity index (χ1) is 9.44. The lowest BCUT2D eigenvalue weighted by Gasteiger charge is -2.13. The molecule has 0 bridgehead atoms. The number of benzene rings is 2. The van der Waals surface area contributed by atoms with Crippen molar-refractivity contribution >= 4 is 21.4 Å². The molecule has 0 aliphatic rings. The predicted molar refractivity (Wildman–Crippen MR) is 79.4 cm³/mol. The second-order valence-electron chi connectivity index (χ2n) is 4.33. The Labute approximate surface area is 118 Å². The largest absolute Gasteiger partial charge is 0.495 e. The minimum atomic E-state index is -3.73. The standard InChI is InChI=1S/C14H16N2O3S/c1-10-7-8-11(15)9-12(10)16-20(17,18)14-6-4-3-5-13(14)19-2/h3-9,16H,15H2,1-2H3. The first-order valence-electron chi connectivity index (χ1n) is 5.96. The van der Waals surface area contributed by atoms with Gasteiger partial charge in [-0.15, -0.1) is 0 Å².